The minimum absolute atomic E-state index is 0.0382. The molecule has 1 aromatic heterocycles. The normalized spacial score (nSPS) is 16.7. The van der Waals surface area contributed by atoms with Crippen LogP contribution in [0.25, 0.3) is 0 Å². The third kappa shape index (κ3) is 2.70. The summed E-state index contributed by atoms with van der Waals surface area (Å²) in [7, 11) is 0. The summed E-state index contributed by atoms with van der Waals surface area (Å²) in [5.41, 5.74) is -0.158. The number of hydrogen-bond donors (Lipinski definition) is 0. The molecule has 1 saturated carbocycles. The first-order valence-corrected chi connectivity index (χ1v) is 5.74. The second-order valence-electron chi connectivity index (χ2n) is 4.18. The molecule has 2 rings (SSSR count). The van der Waals surface area contributed by atoms with E-state index >= 15 is 0 Å². The van der Waals surface area contributed by atoms with Crippen LogP contribution in [0.5, 0.6) is 5.88 Å². The minimum Gasteiger partial charge on any atom is -0.474 e. The van der Waals surface area contributed by atoms with Gasteiger partial charge in [0.15, 0.2) is 0 Å². The Balaban J connectivity index is 2.25. The van der Waals surface area contributed by atoms with Crippen LogP contribution in [0, 0.1) is 0 Å². The second kappa shape index (κ2) is 4.55. The number of aryl methyl sites for hydroxylation is 1. The summed E-state index contributed by atoms with van der Waals surface area (Å²) in [4.78, 5) is 3.59. The molecule has 0 unspecified atom stereocenters. The molecule has 5 heteroatoms. The Morgan fingerprint density at radius 3 is 2.53 bits per heavy atom. The predicted molar refractivity (Wildman–Crippen MR) is 56.9 cm³/mol. The van der Waals surface area contributed by atoms with E-state index < -0.39 is 11.9 Å². The first kappa shape index (κ1) is 12.2. The van der Waals surface area contributed by atoms with E-state index in [-0.39, 0.29) is 12.0 Å². The van der Waals surface area contributed by atoms with Gasteiger partial charge in [0, 0.05) is 5.56 Å². The quantitative estimate of drug-likeness (QED) is 0.811. The van der Waals surface area contributed by atoms with E-state index in [2.05, 4.69) is 4.98 Å². The summed E-state index contributed by atoms with van der Waals surface area (Å²) < 4.78 is 43.1. The number of ether oxygens (including phenoxy) is 1. The summed E-state index contributed by atoms with van der Waals surface area (Å²) in [6, 6.07) is 2.45. The van der Waals surface area contributed by atoms with Crippen LogP contribution in [0.1, 0.15) is 37.4 Å². The molecule has 0 aliphatic heterocycles. The average molecular weight is 245 g/mol. The van der Waals surface area contributed by atoms with Gasteiger partial charge in [-0.1, -0.05) is 13.0 Å². The highest BCUT2D eigenvalue weighted by molar-refractivity contribution is 5.29. The van der Waals surface area contributed by atoms with E-state index in [9.17, 15) is 13.2 Å². The SMILES string of the molecule is CCc1ccc(C(F)(F)F)nc1OC1CCC1. The van der Waals surface area contributed by atoms with Gasteiger partial charge in [0.1, 0.15) is 11.8 Å². The lowest BCUT2D eigenvalue weighted by molar-refractivity contribution is -0.141. The van der Waals surface area contributed by atoms with E-state index in [4.69, 9.17) is 4.74 Å². The zero-order valence-corrected chi connectivity index (χ0v) is 9.55. The third-order valence-corrected chi connectivity index (χ3v) is 2.94. The highest BCUT2D eigenvalue weighted by Gasteiger charge is 2.33. The molecule has 17 heavy (non-hydrogen) atoms. The van der Waals surface area contributed by atoms with Crippen molar-refractivity contribution in [3.05, 3.63) is 23.4 Å². The maximum Gasteiger partial charge on any atom is 0.433 e. The monoisotopic (exact) mass is 245 g/mol. The average Bonchev–Trinajstić information content (AvgIpc) is 2.22. The number of rotatable bonds is 3. The van der Waals surface area contributed by atoms with Gasteiger partial charge in [-0.3, -0.25) is 0 Å². The maximum atomic E-state index is 12.5. The van der Waals surface area contributed by atoms with Gasteiger partial charge in [0.05, 0.1) is 0 Å². The number of pyridine rings is 1. The fraction of sp³-hybridized carbons (Fsp3) is 0.583. The van der Waals surface area contributed by atoms with Crippen LogP contribution in [-0.4, -0.2) is 11.1 Å². The molecule has 0 saturated heterocycles. The molecule has 94 valence electrons. The van der Waals surface area contributed by atoms with Gasteiger partial charge in [0.2, 0.25) is 5.88 Å². The van der Waals surface area contributed by atoms with Crippen molar-refractivity contribution >= 4 is 0 Å². The van der Waals surface area contributed by atoms with Gasteiger partial charge in [-0.15, -0.1) is 0 Å². The third-order valence-electron chi connectivity index (χ3n) is 2.94. The highest BCUT2D eigenvalue weighted by Crippen LogP contribution is 2.32. The largest absolute Gasteiger partial charge is 0.474 e. The fourth-order valence-corrected chi connectivity index (χ4v) is 1.64. The van der Waals surface area contributed by atoms with Gasteiger partial charge in [-0.2, -0.15) is 13.2 Å². The summed E-state index contributed by atoms with van der Waals surface area (Å²) in [5, 5.41) is 0. The molecule has 1 aromatic rings. The van der Waals surface area contributed by atoms with Crippen LogP contribution in [0.15, 0.2) is 12.1 Å². The number of halogens is 3. The molecular formula is C12H14F3NO. The molecule has 0 atom stereocenters. The summed E-state index contributed by atoms with van der Waals surface area (Å²) in [6.45, 7) is 1.87. The number of aromatic nitrogens is 1. The zero-order chi connectivity index (χ0) is 12.5. The molecule has 2 nitrogen and oxygen atoms in total. The Bertz CT molecular complexity index is 399. The van der Waals surface area contributed by atoms with E-state index in [0.29, 0.717) is 6.42 Å². The van der Waals surface area contributed by atoms with Gasteiger partial charge in [-0.25, -0.2) is 4.98 Å². The van der Waals surface area contributed by atoms with Crippen LogP contribution in [0.3, 0.4) is 0 Å². The topological polar surface area (TPSA) is 22.1 Å². The molecule has 1 fully saturated rings. The molecule has 0 aromatic carbocycles. The van der Waals surface area contributed by atoms with Crippen LogP contribution in [0.2, 0.25) is 0 Å². The Morgan fingerprint density at radius 2 is 2.06 bits per heavy atom. The zero-order valence-electron chi connectivity index (χ0n) is 9.55. The summed E-state index contributed by atoms with van der Waals surface area (Å²) in [5.74, 6) is 0.145. The lowest BCUT2D eigenvalue weighted by atomic mass is 9.96. The smallest absolute Gasteiger partial charge is 0.433 e. The molecule has 1 aliphatic rings. The van der Waals surface area contributed by atoms with E-state index in [0.717, 1.165) is 30.9 Å². The first-order chi connectivity index (χ1) is 8.00. The number of nitrogens with zero attached hydrogens (tertiary/aromatic N) is 1. The second-order valence-corrected chi connectivity index (χ2v) is 4.18. The Kier molecular flexibility index (Phi) is 3.26. The molecule has 0 amide bonds. The van der Waals surface area contributed by atoms with Gasteiger partial charge in [0.25, 0.3) is 0 Å². The molecule has 0 bridgehead atoms. The van der Waals surface area contributed by atoms with Crippen LogP contribution < -0.4 is 4.74 Å². The van der Waals surface area contributed by atoms with Crippen LogP contribution in [0.4, 0.5) is 13.2 Å². The number of hydrogen-bond acceptors (Lipinski definition) is 2. The van der Waals surface area contributed by atoms with Crippen LogP contribution >= 0.6 is 0 Å². The van der Waals surface area contributed by atoms with Crippen molar-refractivity contribution in [2.24, 2.45) is 0 Å². The standard InChI is InChI=1S/C12H14F3NO/c1-2-8-6-7-10(12(13,14)15)16-11(8)17-9-4-3-5-9/h6-7,9H,2-5H2,1H3. The van der Waals surface area contributed by atoms with Crippen molar-refractivity contribution in [1.29, 1.82) is 0 Å². The van der Waals surface area contributed by atoms with E-state index in [1.165, 1.54) is 6.07 Å². The lowest BCUT2D eigenvalue weighted by Gasteiger charge is -2.27. The Hall–Kier alpha value is -1.26. The Morgan fingerprint density at radius 1 is 1.35 bits per heavy atom. The lowest BCUT2D eigenvalue weighted by Crippen LogP contribution is -2.26. The van der Waals surface area contributed by atoms with Gasteiger partial charge < -0.3 is 4.74 Å². The van der Waals surface area contributed by atoms with Crippen molar-refractivity contribution in [2.45, 2.75) is 44.9 Å². The first-order valence-electron chi connectivity index (χ1n) is 5.74. The highest BCUT2D eigenvalue weighted by atomic mass is 19.4. The molecule has 1 heterocycles. The van der Waals surface area contributed by atoms with Crippen molar-refractivity contribution < 1.29 is 17.9 Å². The predicted octanol–water partition coefficient (Wildman–Crippen LogP) is 3.59. The van der Waals surface area contributed by atoms with Gasteiger partial charge >= 0.3 is 6.18 Å². The minimum atomic E-state index is -4.41. The number of alkyl halides is 3. The molecule has 0 N–H and O–H groups in total. The summed E-state index contributed by atoms with van der Waals surface area (Å²) in [6.07, 6.45) is -0.874. The van der Waals surface area contributed by atoms with Gasteiger partial charge in [-0.05, 0) is 31.7 Å². The fourth-order valence-electron chi connectivity index (χ4n) is 1.64. The van der Waals surface area contributed by atoms with Crippen molar-refractivity contribution in [1.82, 2.24) is 4.98 Å². The molecular weight excluding hydrogens is 231 g/mol. The molecule has 1 aliphatic carbocycles. The van der Waals surface area contributed by atoms with Crippen molar-refractivity contribution in [3.8, 4) is 5.88 Å². The Labute approximate surface area is 97.8 Å². The van der Waals surface area contributed by atoms with E-state index in [1.54, 1.807) is 0 Å². The summed E-state index contributed by atoms with van der Waals surface area (Å²) >= 11 is 0. The maximum absolute atomic E-state index is 12.5. The van der Waals surface area contributed by atoms with Crippen LogP contribution in [-0.2, 0) is 12.6 Å². The molecule has 0 spiro atoms. The van der Waals surface area contributed by atoms with Crippen molar-refractivity contribution in [2.75, 3.05) is 0 Å². The van der Waals surface area contributed by atoms with E-state index in [1.807, 2.05) is 6.92 Å². The molecule has 0 radical (unpaired) electrons. The van der Waals surface area contributed by atoms with Crippen molar-refractivity contribution in [3.63, 3.8) is 0 Å².